The molecule has 2 aromatic carbocycles. The third-order valence-electron chi connectivity index (χ3n) is 3.43. The molecule has 0 saturated carbocycles. The molecule has 0 atom stereocenters. The molecule has 0 aliphatic heterocycles. The van der Waals surface area contributed by atoms with Crippen molar-refractivity contribution in [2.75, 3.05) is 17.9 Å². The molecule has 7 nitrogen and oxygen atoms in total. The maximum absolute atomic E-state index is 12.4. The van der Waals surface area contributed by atoms with Crippen LogP contribution in [-0.2, 0) is 19.6 Å². The first-order valence-corrected chi connectivity index (χ1v) is 9.37. The second-order valence-electron chi connectivity index (χ2n) is 5.55. The first-order valence-electron chi connectivity index (χ1n) is 7.88. The van der Waals surface area contributed by atoms with E-state index in [0.717, 1.165) is 5.56 Å². The van der Waals surface area contributed by atoms with Crippen LogP contribution in [0.5, 0.6) is 0 Å². The lowest BCUT2D eigenvalue weighted by Crippen LogP contribution is -2.29. The Hall–Kier alpha value is -3.31. The highest BCUT2D eigenvalue weighted by Gasteiger charge is 2.16. The standard InChI is InChI=1S/C19H18N2O5S/c1-3-12-20-18(22)13-26-19(23)15-6-10-17(11-7-15)27(24,25)21-16-8-4-14(2)5-9-16/h1,4-11,21H,12-13H2,2H3,(H,20,22). The largest absolute Gasteiger partial charge is 0.452 e. The highest BCUT2D eigenvalue weighted by atomic mass is 32.2. The first kappa shape index (κ1) is 20.0. The Balaban J connectivity index is 2.01. The number of carbonyl (C=O) groups is 2. The van der Waals surface area contributed by atoms with Gasteiger partial charge in [-0.2, -0.15) is 0 Å². The lowest BCUT2D eigenvalue weighted by Gasteiger charge is -2.09. The summed E-state index contributed by atoms with van der Waals surface area (Å²) < 4.78 is 32.1. The summed E-state index contributed by atoms with van der Waals surface area (Å²) in [5, 5.41) is 2.35. The van der Waals surface area contributed by atoms with E-state index in [1.165, 1.54) is 24.3 Å². The van der Waals surface area contributed by atoms with Gasteiger partial charge in [-0.25, -0.2) is 13.2 Å². The van der Waals surface area contributed by atoms with Crippen LogP contribution >= 0.6 is 0 Å². The second kappa shape index (κ2) is 8.87. The fourth-order valence-corrected chi connectivity index (χ4v) is 3.08. The molecule has 0 aliphatic rings. The molecule has 0 aromatic heterocycles. The normalized spacial score (nSPS) is 10.5. The second-order valence-corrected chi connectivity index (χ2v) is 7.24. The summed E-state index contributed by atoms with van der Waals surface area (Å²) in [6.07, 6.45) is 5.00. The van der Waals surface area contributed by atoms with Gasteiger partial charge in [-0.1, -0.05) is 23.6 Å². The predicted molar refractivity (Wildman–Crippen MR) is 101 cm³/mol. The monoisotopic (exact) mass is 386 g/mol. The zero-order chi connectivity index (χ0) is 19.9. The van der Waals surface area contributed by atoms with Crippen LogP contribution in [0.25, 0.3) is 0 Å². The zero-order valence-corrected chi connectivity index (χ0v) is 15.4. The van der Waals surface area contributed by atoms with Crippen molar-refractivity contribution in [2.45, 2.75) is 11.8 Å². The number of benzene rings is 2. The van der Waals surface area contributed by atoms with E-state index in [1.807, 2.05) is 6.92 Å². The third-order valence-corrected chi connectivity index (χ3v) is 4.82. The Morgan fingerprint density at radius 2 is 1.70 bits per heavy atom. The topological polar surface area (TPSA) is 102 Å². The number of hydrogen-bond acceptors (Lipinski definition) is 5. The van der Waals surface area contributed by atoms with Gasteiger partial charge in [0, 0.05) is 5.69 Å². The van der Waals surface area contributed by atoms with Crippen molar-refractivity contribution in [3.8, 4) is 12.3 Å². The summed E-state index contributed by atoms with van der Waals surface area (Å²) in [4.78, 5) is 23.2. The molecule has 0 radical (unpaired) electrons. The SMILES string of the molecule is C#CCNC(=O)COC(=O)c1ccc(S(=O)(=O)Nc2ccc(C)cc2)cc1. The van der Waals surface area contributed by atoms with Crippen LogP contribution in [0.3, 0.4) is 0 Å². The molecule has 0 spiro atoms. The van der Waals surface area contributed by atoms with Crippen LogP contribution in [0.4, 0.5) is 5.69 Å². The summed E-state index contributed by atoms with van der Waals surface area (Å²) in [6.45, 7) is 1.46. The fraction of sp³-hybridized carbons (Fsp3) is 0.158. The average Bonchev–Trinajstić information content (AvgIpc) is 2.66. The molecule has 2 rings (SSSR count). The van der Waals surface area contributed by atoms with Crippen molar-refractivity contribution in [1.29, 1.82) is 0 Å². The Bertz CT molecular complexity index is 959. The molecule has 27 heavy (non-hydrogen) atoms. The molecule has 0 bridgehead atoms. The molecule has 2 aromatic rings. The number of aryl methyl sites for hydroxylation is 1. The van der Waals surface area contributed by atoms with Crippen LogP contribution in [0, 0.1) is 19.3 Å². The molecule has 140 valence electrons. The number of ether oxygens (including phenoxy) is 1. The number of anilines is 1. The van der Waals surface area contributed by atoms with E-state index < -0.39 is 28.5 Å². The summed E-state index contributed by atoms with van der Waals surface area (Å²) >= 11 is 0. The van der Waals surface area contributed by atoms with Crippen LogP contribution in [0.15, 0.2) is 53.4 Å². The van der Waals surface area contributed by atoms with E-state index in [4.69, 9.17) is 11.2 Å². The summed E-state index contributed by atoms with van der Waals surface area (Å²) in [6, 6.07) is 12.1. The number of rotatable bonds is 7. The number of terminal acetylenes is 1. The number of esters is 1. The number of amides is 1. The van der Waals surface area contributed by atoms with Crippen LogP contribution in [0.1, 0.15) is 15.9 Å². The quantitative estimate of drug-likeness (QED) is 0.557. The van der Waals surface area contributed by atoms with E-state index in [1.54, 1.807) is 24.3 Å². The molecule has 0 aliphatic carbocycles. The Morgan fingerprint density at radius 1 is 1.07 bits per heavy atom. The fourth-order valence-electron chi connectivity index (χ4n) is 2.02. The summed E-state index contributed by atoms with van der Waals surface area (Å²) in [5.41, 5.74) is 1.56. The minimum absolute atomic E-state index is 0.00797. The molecule has 0 fully saturated rings. The van der Waals surface area contributed by atoms with E-state index >= 15 is 0 Å². The van der Waals surface area contributed by atoms with Crippen molar-refractivity contribution < 1.29 is 22.7 Å². The number of hydrogen-bond donors (Lipinski definition) is 2. The van der Waals surface area contributed by atoms with Crippen molar-refractivity contribution in [2.24, 2.45) is 0 Å². The maximum atomic E-state index is 12.4. The lowest BCUT2D eigenvalue weighted by molar-refractivity contribution is -0.123. The van der Waals surface area contributed by atoms with Gasteiger partial charge in [0.25, 0.3) is 15.9 Å². The number of carbonyl (C=O) groups excluding carboxylic acids is 2. The molecule has 2 N–H and O–H groups in total. The van der Waals surface area contributed by atoms with Crippen molar-refractivity contribution in [3.05, 3.63) is 59.7 Å². The van der Waals surface area contributed by atoms with E-state index in [2.05, 4.69) is 16.0 Å². The van der Waals surface area contributed by atoms with E-state index in [-0.39, 0.29) is 17.0 Å². The Labute approximate surface area is 157 Å². The predicted octanol–water partition coefficient (Wildman–Crippen LogP) is 1.70. The minimum atomic E-state index is -3.79. The van der Waals surface area contributed by atoms with Gasteiger partial charge in [0.2, 0.25) is 0 Å². The Morgan fingerprint density at radius 3 is 2.30 bits per heavy atom. The van der Waals surface area contributed by atoms with Crippen molar-refractivity contribution >= 4 is 27.6 Å². The molecule has 0 unspecified atom stereocenters. The van der Waals surface area contributed by atoms with E-state index in [0.29, 0.717) is 5.69 Å². The van der Waals surface area contributed by atoms with Gasteiger partial charge in [0.1, 0.15) is 0 Å². The van der Waals surface area contributed by atoms with E-state index in [9.17, 15) is 18.0 Å². The van der Waals surface area contributed by atoms with Gasteiger partial charge in [0.05, 0.1) is 17.0 Å². The van der Waals surface area contributed by atoms with Crippen LogP contribution in [-0.4, -0.2) is 33.4 Å². The molecule has 0 saturated heterocycles. The molecular formula is C19H18N2O5S. The molecule has 8 heteroatoms. The first-order chi connectivity index (χ1) is 12.8. The maximum Gasteiger partial charge on any atom is 0.338 e. The highest BCUT2D eigenvalue weighted by Crippen LogP contribution is 2.17. The zero-order valence-electron chi connectivity index (χ0n) is 14.6. The molecule has 1 amide bonds. The van der Waals surface area contributed by atoms with Gasteiger partial charge in [-0.3, -0.25) is 9.52 Å². The van der Waals surface area contributed by atoms with Crippen molar-refractivity contribution in [1.82, 2.24) is 5.32 Å². The average molecular weight is 386 g/mol. The highest BCUT2D eigenvalue weighted by molar-refractivity contribution is 7.92. The van der Waals surface area contributed by atoms with Gasteiger partial charge in [-0.15, -0.1) is 6.42 Å². The van der Waals surface area contributed by atoms with Gasteiger partial charge >= 0.3 is 5.97 Å². The number of nitrogens with one attached hydrogen (secondary N) is 2. The third kappa shape index (κ3) is 5.87. The van der Waals surface area contributed by atoms with Gasteiger partial charge in [0.15, 0.2) is 6.61 Å². The summed E-state index contributed by atoms with van der Waals surface area (Å²) in [5.74, 6) is 0.949. The smallest absolute Gasteiger partial charge is 0.338 e. The Kier molecular flexibility index (Phi) is 6.57. The minimum Gasteiger partial charge on any atom is -0.452 e. The van der Waals surface area contributed by atoms with Crippen LogP contribution in [0.2, 0.25) is 0 Å². The number of sulfonamides is 1. The van der Waals surface area contributed by atoms with Gasteiger partial charge in [-0.05, 0) is 43.3 Å². The van der Waals surface area contributed by atoms with Crippen molar-refractivity contribution in [3.63, 3.8) is 0 Å². The van der Waals surface area contributed by atoms with Crippen LogP contribution < -0.4 is 10.0 Å². The van der Waals surface area contributed by atoms with Gasteiger partial charge < -0.3 is 10.1 Å². The molecular weight excluding hydrogens is 368 g/mol. The summed E-state index contributed by atoms with van der Waals surface area (Å²) in [7, 11) is -3.79. The lowest BCUT2D eigenvalue weighted by atomic mass is 10.2. The molecule has 0 heterocycles.